The summed E-state index contributed by atoms with van der Waals surface area (Å²) in [6, 6.07) is 27.9. The van der Waals surface area contributed by atoms with Crippen LogP contribution in [0.15, 0.2) is 130 Å². The summed E-state index contributed by atoms with van der Waals surface area (Å²) in [4.78, 5) is 3.70. The van der Waals surface area contributed by atoms with E-state index in [2.05, 4.69) is 126 Å². The van der Waals surface area contributed by atoms with Crippen LogP contribution in [0.2, 0.25) is 0 Å². The van der Waals surface area contributed by atoms with Crippen LogP contribution in [-0.2, 0) is 11.3 Å². The Kier molecular flexibility index (Phi) is 7.15. The summed E-state index contributed by atoms with van der Waals surface area (Å²) in [6.07, 6.45) is 12.1. The molecule has 1 aliphatic carbocycles. The summed E-state index contributed by atoms with van der Waals surface area (Å²) in [7, 11) is 0. The van der Waals surface area contributed by atoms with Crippen LogP contribution in [0.25, 0.3) is 21.5 Å². The third-order valence-electron chi connectivity index (χ3n) is 7.98. The van der Waals surface area contributed by atoms with E-state index in [4.69, 9.17) is 4.74 Å². The maximum Gasteiger partial charge on any atom is 0.266 e. The standard InChI is InChI=1S/C36H33N2OS2/c1-3-37-29-18-8-10-21-33(29)40-35(37)23-13-20-31-26-16-12-17-27(28(26)24-32(39-31)25-14-6-5-7-15-25)36-38(4-2)30-19-9-11-22-34(30)41-36/h5-11,13-15,18-24H,3-4,12,16-17H2,1-2H3/q+1. The minimum absolute atomic E-state index is 0.915. The van der Waals surface area contributed by atoms with Crippen LogP contribution in [0.4, 0.5) is 5.69 Å². The van der Waals surface area contributed by atoms with Crippen molar-refractivity contribution in [1.29, 1.82) is 0 Å². The van der Waals surface area contributed by atoms with Gasteiger partial charge in [0.15, 0.2) is 0 Å². The highest BCUT2D eigenvalue weighted by Crippen LogP contribution is 2.46. The van der Waals surface area contributed by atoms with E-state index < -0.39 is 0 Å². The number of rotatable bonds is 6. The Bertz CT molecular complexity index is 1790. The number of aryl methyl sites for hydroxylation is 1. The zero-order valence-corrected chi connectivity index (χ0v) is 25.1. The normalized spacial score (nSPS) is 17.9. The van der Waals surface area contributed by atoms with E-state index in [0.29, 0.717) is 0 Å². The van der Waals surface area contributed by atoms with E-state index in [1.165, 1.54) is 47.6 Å². The van der Waals surface area contributed by atoms with Gasteiger partial charge >= 0.3 is 0 Å². The van der Waals surface area contributed by atoms with E-state index in [1.807, 2.05) is 23.1 Å². The third kappa shape index (κ3) is 4.77. The molecule has 0 unspecified atom stereocenters. The van der Waals surface area contributed by atoms with Crippen LogP contribution in [0.1, 0.15) is 43.7 Å². The Balaban J connectivity index is 1.33. The molecule has 3 aromatic carbocycles. The molecule has 0 amide bonds. The predicted octanol–water partition coefficient (Wildman–Crippen LogP) is 9.50. The van der Waals surface area contributed by atoms with Gasteiger partial charge in [-0.15, -0.1) is 0 Å². The van der Waals surface area contributed by atoms with Crippen molar-refractivity contribution in [3.05, 3.63) is 136 Å². The first-order valence-electron chi connectivity index (χ1n) is 14.5. The average Bonchev–Trinajstić information content (AvgIpc) is 3.58. The minimum Gasteiger partial charge on any atom is -0.456 e. The van der Waals surface area contributed by atoms with E-state index in [9.17, 15) is 0 Å². The van der Waals surface area contributed by atoms with Gasteiger partial charge in [0.2, 0.25) is 5.52 Å². The molecular weight excluding hydrogens is 541 g/mol. The van der Waals surface area contributed by atoms with Crippen LogP contribution in [0, 0.1) is 0 Å². The molecule has 3 nitrogen and oxygen atoms in total. The summed E-state index contributed by atoms with van der Waals surface area (Å²) < 4.78 is 10.5. The molecule has 2 aliphatic heterocycles. The average molecular weight is 574 g/mol. The molecule has 0 bridgehead atoms. The number of aromatic nitrogens is 1. The largest absolute Gasteiger partial charge is 0.456 e. The molecule has 4 aromatic rings. The fourth-order valence-corrected chi connectivity index (χ4v) is 8.51. The number of thioether (sulfide) groups is 1. The number of benzene rings is 3. The fourth-order valence-electron chi connectivity index (χ4n) is 6.06. The quantitative estimate of drug-likeness (QED) is 0.214. The smallest absolute Gasteiger partial charge is 0.266 e. The lowest BCUT2D eigenvalue weighted by Crippen LogP contribution is -2.35. The summed E-state index contributed by atoms with van der Waals surface area (Å²) >= 11 is 3.75. The SMILES string of the molecule is CCN1/C(=C/C=C/C2=C3CCCC(c4sc5ccccc5[n+]4CC)=C3C=C(c3ccccc3)O2)Sc2ccccc21. The molecule has 0 fully saturated rings. The molecule has 1 aromatic heterocycles. The maximum absolute atomic E-state index is 6.69. The molecule has 0 spiro atoms. The lowest BCUT2D eigenvalue weighted by molar-refractivity contribution is -0.665. The van der Waals surface area contributed by atoms with Crippen molar-refractivity contribution < 1.29 is 9.30 Å². The van der Waals surface area contributed by atoms with Crippen LogP contribution in [-0.4, -0.2) is 6.54 Å². The molecule has 3 heterocycles. The zero-order valence-electron chi connectivity index (χ0n) is 23.5. The van der Waals surface area contributed by atoms with Crippen molar-refractivity contribution in [1.82, 2.24) is 0 Å². The second-order valence-corrected chi connectivity index (χ2v) is 12.5. The van der Waals surface area contributed by atoms with Gasteiger partial charge in [0.05, 0.1) is 10.7 Å². The fraction of sp³-hybridized carbons (Fsp3) is 0.194. The van der Waals surface area contributed by atoms with E-state index in [-0.39, 0.29) is 0 Å². The van der Waals surface area contributed by atoms with E-state index in [1.54, 1.807) is 0 Å². The summed E-state index contributed by atoms with van der Waals surface area (Å²) in [5, 5.41) is 2.62. The van der Waals surface area contributed by atoms with Crippen molar-refractivity contribution in [3.63, 3.8) is 0 Å². The Morgan fingerprint density at radius 3 is 2.54 bits per heavy atom. The van der Waals surface area contributed by atoms with Crippen molar-refractivity contribution in [2.75, 3.05) is 11.4 Å². The van der Waals surface area contributed by atoms with Gasteiger partial charge < -0.3 is 9.64 Å². The molecule has 3 aliphatic rings. The topological polar surface area (TPSA) is 16.4 Å². The molecule has 0 saturated heterocycles. The molecule has 0 atom stereocenters. The first-order chi connectivity index (χ1) is 20.2. The molecule has 41 heavy (non-hydrogen) atoms. The molecule has 204 valence electrons. The first-order valence-corrected chi connectivity index (χ1v) is 16.1. The zero-order chi connectivity index (χ0) is 27.8. The van der Waals surface area contributed by atoms with Gasteiger partial charge in [-0.3, -0.25) is 0 Å². The molecule has 0 N–H and O–H groups in total. The highest BCUT2D eigenvalue weighted by Gasteiger charge is 2.31. The second kappa shape index (κ2) is 11.2. The molecule has 0 radical (unpaired) electrons. The molecule has 0 saturated carbocycles. The highest BCUT2D eigenvalue weighted by molar-refractivity contribution is 8.03. The summed E-state index contributed by atoms with van der Waals surface area (Å²) in [5.74, 6) is 1.88. The Morgan fingerprint density at radius 1 is 0.902 bits per heavy atom. The Morgan fingerprint density at radius 2 is 1.68 bits per heavy atom. The molecule has 5 heteroatoms. The maximum atomic E-state index is 6.69. The number of anilines is 1. The number of thiazole rings is 1. The van der Waals surface area contributed by atoms with Crippen molar-refractivity contribution >= 4 is 50.3 Å². The lowest BCUT2D eigenvalue weighted by atomic mass is 9.84. The number of nitrogens with zero attached hydrogens (tertiary/aromatic N) is 2. The Hall–Kier alpha value is -3.80. The van der Waals surface area contributed by atoms with Gasteiger partial charge in [0, 0.05) is 34.2 Å². The molecule has 7 rings (SSSR count). The third-order valence-corrected chi connectivity index (χ3v) is 10.3. The number of hydrogen-bond acceptors (Lipinski definition) is 4. The van der Waals surface area contributed by atoms with Crippen LogP contribution in [0.3, 0.4) is 0 Å². The monoisotopic (exact) mass is 573 g/mol. The number of fused-ring (bicyclic) bond motifs is 3. The Labute approximate surface area is 250 Å². The second-order valence-electron chi connectivity index (χ2n) is 10.4. The van der Waals surface area contributed by atoms with Gasteiger partial charge in [0.25, 0.3) is 5.01 Å². The lowest BCUT2D eigenvalue weighted by Gasteiger charge is -2.27. The number of allylic oxidation sites excluding steroid dienone is 7. The number of hydrogen-bond donors (Lipinski definition) is 0. The van der Waals surface area contributed by atoms with Crippen molar-refractivity contribution in [3.8, 4) is 0 Å². The van der Waals surface area contributed by atoms with Crippen LogP contribution in [0.5, 0.6) is 0 Å². The van der Waals surface area contributed by atoms with Gasteiger partial charge in [0.1, 0.15) is 22.8 Å². The van der Waals surface area contributed by atoms with E-state index in [0.717, 1.165) is 49.4 Å². The predicted molar refractivity (Wildman–Crippen MR) is 174 cm³/mol. The molecular formula is C36H33N2OS2+. The number of ether oxygens (including phenoxy) is 1. The van der Waals surface area contributed by atoms with Crippen LogP contribution >= 0.6 is 23.1 Å². The first kappa shape index (κ1) is 26.1. The van der Waals surface area contributed by atoms with Crippen LogP contribution < -0.4 is 9.47 Å². The van der Waals surface area contributed by atoms with Gasteiger partial charge in [-0.2, -0.15) is 4.57 Å². The summed E-state index contributed by atoms with van der Waals surface area (Å²) in [5.41, 5.74) is 7.80. The van der Waals surface area contributed by atoms with Gasteiger partial charge in [-0.1, -0.05) is 83.8 Å². The highest BCUT2D eigenvalue weighted by atomic mass is 32.2. The van der Waals surface area contributed by atoms with Gasteiger partial charge in [-0.05, 0) is 75.1 Å². The number of para-hydroxylation sites is 2. The van der Waals surface area contributed by atoms with Crippen molar-refractivity contribution in [2.45, 2.75) is 44.6 Å². The summed E-state index contributed by atoms with van der Waals surface area (Å²) in [6.45, 7) is 6.36. The van der Waals surface area contributed by atoms with Gasteiger partial charge in [-0.25, -0.2) is 0 Å². The minimum atomic E-state index is 0.915. The van der Waals surface area contributed by atoms with Crippen molar-refractivity contribution in [2.24, 2.45) is 0 Å². The van der Waals surface area contributed by atoms with E-state index >= 15 is 0 Å².